The molecule has 140 valence electrons. The van der Waals surface area contributed by atoms with Crippen molar-refractivity contribution in [2.45, 2.75) is 52.2 Å². The van der Waals surface area contributed by atoms with E-state index in [0.717, 1.165) is 32.5 Å². The highest BCUT2D eigenvalue weighted by Crippen LogP contribution is 2.11. The van der Waals surface area contributed by atoms with Crippen molar-refractivity contribution >= 4 is 35.9 Å². The molecule has 0 aromatic heterocycles. The molecule has 0 amide bonds. The maximum atomic E-state index is 11.7. The molecule has 24 heavy (non-hydrogen) atoms. The van der Waals surface area contributed by atoms with E-state index in [1.165, 1.54) is 5.57 Å². The van der Waals surface area contributed by atoms with Gasteiger partial charge in [0.2, 0.25) is 0 Å². The van der Waals surface area contributed by atoms with E-state index < -0.39 is 5.60 Å². The van der Waals surface area contributed by atoms with Crippen molar-refractivity contribution in [1.29, 1.82) is 0 Å². The Balaban J connectivity index is 0.00000529. The van der Waals surface area contributed by atoms with E-state index in [1.54, 1.807) is 7.05 Å². The Morgan fingerprint density at radius 3 is 2.38 bits per heavy atom. The molecule has 1 fully saturated rings. The number of aliphatic imine (C=N–C) groups is 1. The fourth-order valence-corrected chi connectivity index (χ4v) is 2.54. The first-order valence-electron chi connectivity index (χ1n) is 8.25. The van der Waals surface area contributed by atoms with Gasteiger partial charge in [0.15, 0.2) is 5.96 Å². The molecule has 0 aliphatic carbocycles. The summed E-state index contributed by atoms with van der Waals surface area (Å²) in [5.74, 6) is 0.367. The third-order valence-electron chi connectivity index (χ3n) is 3.47. The molecule has 2 N–H and O–H groups in total. The van der Waals surface area contributed by atoms with Crippen LogP contribution in [0.25, 0.3) is 0 Å². The van der Waals surface area contributed by atoms with Gasteiger partial charge in [0, 0.05) is 32.7 Å². The molecule has 7 heteroatoms. The highest BCUT2D eigenvalue weighted by atomic mass is 127. The molecule has 1 heterocycles. The van der Waals surface area contributed by atoms with Crippen LogP contribution in [0.2, 0.25) is 0 Å². The molecular formula is C17H33IN4O2. The van der Waals surface area contributed by atoms with Crippen molar-refractivity contribution in [3.05, 3.63) is 12.2 Å². The molecular weight excluding hydrogens is 419 g/mol. The highest BCUT2D eigenvalue weighted by molar-refractivity contribution is 14.0. The van der Waals surface area contributed by atoms with Crippen LogP contribution >= 0.6 is 24.0 Å². The predicted octanol–water partition coefficient (Wildman–Crippen LogP) is 2.15. The van der Waals surface area contributed by atoms with Gasteiger partial charge in [-0.2, -0.15) is 0 Å². The second kappa shape index (κ2) is 10.9. The normalized spacial score (nSPS) is 17.0. The zero-order chi connectivity index (χ0) is 17.5. The molecule has 6 nitrogen and oxygen atoms in total. The summed E-state index contributed by atoms with van der Waals surface area (Å²) in [6.45, 7) is 14.8. The largest absolute Gasteiger partial charge is 0.459 e. The number of hydrogen-bond donors (Lipinski definition) is 2. The first kappa shape index (κ1) is 23.2. The smallest absolute Gasteiger partial charge is 0.325 e. The number of nitrogens with one attached hydrogen (secondary N) is 2. The molecule has 0 spiro atoms. The van der Waals surface area contributed by atoms with Crippen LogP contribution in [-0.2, 0) is 9.53 Å². The minimum Gasteiger partial charge on any atom is -0.459 e. The zero-order valence-corrected chi connectivity index (χ0v) is 18.0. The first-order valence-corrected chi connectivity index (χ1v) is 8.25. The number of esters is 1. The van der Waals surface area contributed by atoms with Crippen molar-refractivity contribution in [2.75, 3.05) is 33.2 Å². The summed E-state index contributed by atoms with van der Waals surface area (Å²) in [5, 5.41) is 6.40. The first-order chi connectivity index (χ1) is 10.7. The number of likely N-dealkylation sites (tertiary alicyclic amines) is 1. The number of piperidine rings is 1. The van der Waals surface area contributed by atoms with Crippen molar-refractivity contribution in [1.82, 2.24) is 15.5 Å². The monoisotopic (exact) mass is 452 g/mol. The number of ether oxygens (including phenoxy) is 1. The topological polar surface area (TPSA) is 66.0 Å². The van der Waals surface area contributed by atoms with Gasteiger partial charge in [0.25, 0.3) is 0 Å². The summed E-state index contributed by atoms with van der Waals surface area (Å²) in [4.78, 5) is 18.3. The van der Waals surface area contributed by atoms with Gasteiger partial charge in [0.05, 0.1) is 0 Å². The van der Waals surface area contributed by atoms with E-state index in [2.05, 4.69) is 34.0 Å². The number of carbonyl (C=O) groups excluding carboxylic acids is 1. The van der Waals surface area contributed by atoms with E-state index in [9.17, 15) is 4.79 Å². The van der Waals surface area contributed by atoms with Crippen LogP contribution < -0.4 is 10.6 Å². The quantitative estimate of drug-likeness (QED) is 0.220. The average Bonchev–Trinajstić information content (AvgIpc) is 2.42. The maximum absolute atomic E-state index is 11.7. The second-order valence-corrected chi connectivity index (χ2v) is 7.16. The lowest BCUT2D eigenvalue weighted by molar-refractivity contribution is -0.153. The Kier molecular flexibility index (Phi) is 10.5. The summed E-state index contributed by atoms with van der Waals surface area (Å²) >= 11 is 0. The van der Waals surface area contributed by atoms with Crippen LogP contribution in [0.15, 0.2) is 17.1 Å². The van der Waals surface area contributed by atoms with Gasteiger partial charge >= 0.3 is 5.97 Å². The van der Waals surface area contributed by atoms with Gasteiger partial charge in [-0.15, -0.1) is 24.0 Å². The molecule has 1 rings (SSSR count). The number of guanidine groups is 1. The summed E-state index contributed by atoms with van der Waals surface area (Å²) in [5.41, 5.74) is 0.734. The fraction of sp³-hybridized carbons (Fsp3) is 0.765. The number of hydrogen-bond acceptors (Lipinski definition) is 4. The number of nitrogens with zero attached hydrogens (tertiary/aromatic N) is 2. The van der Waals surface area contributed by atoms with Crippen molar-refractivity contribution in [2.24, 2.45) is 4.99 Å². The van der Waals surface area contributed by atoms with Crippen LogP contribution in [0.3, 0.4) is 0 Å². The predicted molar refractivity (Wildman–Crippen MR) is 110 cm³/mol. The molecule has 1 aliphatic rings. The molecule has 0 atom stereocenters. The lowest BCUT2D eigenvalue weighted by atomic mass is 10.0. The van der Waals surface area contributed by atoms with Crippen LogP contribution in [0.1, 0.15) is 40.5 Å². The summed E-state index contributed by atoms with van der Waals surface area (Å²) in [7, 11) is 1.71. The van der Waals surface area contributed by atoms with Crippen LogP contribution in [0.5, 0.6) is 0 Å². The van der Waals surface area contributed by atoms with E-state index >= 15 is 0 Å². The standard InChI is InChI=1S/C17H32N4O2.HI/c1-13(2)12-21-9-7-14(8-10-21)20-16(18-6)19-11-15(22)23-17(3,4)5;/h14H,1,7-12H2,2-6H3,(H2,18,19,20);1H. The number of rotatable bonds is 5. The van der Waals surface area contributed by atoms with Crippen molar-refractivity contribution < 1.29 is 9.53 Å². The number of carbonyl (C=O) groups is 1. The van der Waals surface area contributed by atoms with Crippen LogP contribution in [-0.4, -0.2) is 61.7 Å². The van der Waals surface area contributed by atoms with Gasteiger partial charge in [-0.05, 0) is 40.5 Å². The third kappa shape index (κ3) is 10.1. The summed E-state index contributed by atoms with van der Waals surface area (Å²) in [6, 6.07) is 0.376. The van der Waals surface area contributed by atoms with Gasteiger partial charge < -0.3 is 15.4 Å². The van der Waals surface area contributed by atoms with Crippen LogP contribution in [0.4, 0.5) is 0 Å². The fourth-order valence-electron chi connectivity index (χ4n) is 2.54. The third-order valence-corrected chi connectivity index (χ3v) is 3.47. The summed E-state index contributed by atoms with van der Waals surface area (Å²) in [6.07, 6.45) is 2.11. The SMILES string of the molecule is C=C(C)CN1CCC(NC(=NC)NCC(=O)OC(C)(C)C)CC1.I. The lowest BCUT2D eigenvalue weighted by Crippen LogP contribution is -2.50. The Morgan fingerprint density at radius 2 is 1.92 bits per heavy atom. The Morgan fingerprint density at radius 1 is 1.33 bits per heavy atom. The molecule has 1 aliphatic heterocycles. The average molecular weight is 452 g/mol. The lowest BCUT2D eigenvalue weighted by Gasteiger charge is -2.33. The highest BCUT2D eigenvalue weighted by Gasteiger charge is 2.20. The summed E-state index contributed by atoms with van der Waals surface area (Å²) < 4.78 is 5.27. The minimum atomic E-state index is -0.466. The van der Waals surface area contributed by atoms with Crippen molar-refractivity contribution in [3.8, 4) is 0 Å². The molecule has 0 radical (unpaired) electrons. The van der Waals surface area contributed by atoms with E-state index in [1.807, 2.05) is 20.8 Å². The van der Waals surface area contributed by atoms with Gasteiger partial charge in [-0.3, -0.25) is 14.7 Å². The Bertz CT molecular complexity index is 438. The molecule has 0 aromatic carbocycles. The Hall–Kier alpha value is -0.830. The maximum Gasteiger partial charge on any atom is 0.325 e. The van der Waals surface area contributed by atoms with E-state index in [0.29, 0.717) is 12.0 Å². The van der Waals surface area contributed by atoms with Gasteiger partial charge in [-0.25, -0.2) is 0 Å². The minimum absolute atomic E-state index is 0. The molecule has 0 unspecified atom stereocenters. The van der Waals surface area contributed by atoms with Crippen molar-refractivity contribution in [3.63, 3.8) is 0 Å². The molecule has 1 saturated heterocycles. The number of halogens is 1. The van der Waals surface area contributed by atoms with Gasteiger partial charge in [-0.1, -0.05) is 12.2 Å². The molecule has 0 saturated carbocycles. The van der Waals surface area contributed by atoms with E-state index in [-0.39, 0.29) is 36.5 Å². The Labute approximate surface area is 163 Å². The molecule has 0 bridgehead atoms. The second-order valence-electron chi connectivity index (χ2n) is 7.16. The van der Waals surface area contributed by atoms with E-state index in [4.69, 9.17) is 4.74 Å². The van der Waals surface area contributed by atoms with Gasteiger partial charge in [0.1, 0.15) is 12.1 Å². The zero-order valence-electron chi connectivity index (χ0n) is 15.6. The molecule has 0 aromatic rings. The van der Waals surface area contributed by atoms with Crippen LogP contribution in [0, 0.1) is 0 Å².